The van der Waals surface area contributed by atoms with Crippen molar-refractivity contribution in [3.8, 4) is 5.75 Å². The quantitative estimate of drug-likeness (QED) is 0.189. The van der Waals surface area contributed by atoms with Crippen LogP contribution in [0, 0.1) is 6.92 Å². The minimum Gasteiger partial charge on any atom is -0.483 e. The molecule has 2 N–H and O–H groups in total. The van der Waals surface area contributed by atoms with E-state index in [9.17, 15) is 28.8 Å². The molecule has 5 amide bonds. The van der Waals surface area contributed by atoms with Gasteiger partial charge >= 0.3 is 12.1 Å². The molecule has 2 aliphatic heterocycles. The molecule has 3 heterocycles. The van der Waals surface area contributed by atoms with Gasteiger partial charge in [-0.1, -0.05) is 6.07 Å². The van der Waals surface area contributed by atoms with Gasteiger partial charge < -0.3 is 44.3 Å². The van der Waals surface area contributed by atoms with Gasteiger partial charge in [0, 0.05) is 76.8 Å². The lowest BCUT2D eigenvalue weighted by Gasteiger charge is -2.36. The number of aromatic nitrogens is 1. The van der Waals surface area contributed by atoms with Crippen molar-refractivity contribution in [2.45, 2.75) is 83.3 Å². The van der Waals surface area contributed by atoms with Crippen LogP contribution in [0.4, 0.5) is 4.79 Å². The van der Waals surface area contributed by atoms with E-state index in [0.717, 1.165) is 24.8 Å². The van der Waals surface area contributed by atoms with Crippen LogP contribution in [0.5, 0.6) is 5.75 Å². The third kappa shape index (κ3) is 10.6. The number of aryl methyl sites for hydroxylation is 1. The minimum atomic E-state index is -1.11. The van der Waals surface area contributed by atoms with E-state index in [1.807, 2.05) is 13.0 Å². The fourth-order valence-corrected chi connectivity index (χ4v) is 6.71. The van der Waals surface area contributed by atoms with Gasteiger partial charge in [-0.15, -0.1) is 0 Å². The van der Waals surface area contributed by atoms with Gasteiger partial charge in [-0.25, -0.2) is 9.78 Å². The van der Waals surface area contributed by atoms with Crippen LogP contribution in [0.2, 0.25) is 0 Å². The Morgan fingerprint density at radius 3 is 2.39 bits per heavy atom. The maximum Gasteiger partial charge on any atom is 0.409 e. The number of nitrogens with one attached hydrogen (secondary N) is 2. The zero-order valence-electron chi connectivity index (χ0n) is 31.4. The summed E-state index contributed by atoms with van der Waals surface area (Å²) >= 11 is 0. The van der Waals surface area contributed by atoms with Crippen LogP contribution in [0.15, 0.2) is 24.3 Å². The molecule has 294 valence electrons. The largest absolute Gasteiger partial charge is 0.483 e. The molecule has 0 bridgehead atoms. The molecular weight excluding hydrogens is 700 g/mol. The first-order valence-corrected chi connectivity index (χ1v) is 18.9. The molecule has 1 aliphatic carbocycles. The summed E-state index contributed by atoms with van der Waals surface area (Å²) in [4.78, 5) is 88.1. The van der Waals surface area contributed by atoms with Gasteiger partial charge in [-0.05, 0) is 70.1 Å². The number of ether oxygens (including phenoxy) is 4. The van der Waals surface area contributed by atoms with Crippen molar-refractivity contribution < 1.29 is 47.7 Å². The molecule has 0 spiro atoms. The van der Waals surface area contributed by atoms with E-state index >= 15 is 0 Å². The smallest absolute Gasteiger partial charge is 0.409 e. The van der Waals surface area contributed by atoms with E-state index in [1.165, 1.54) is 11.0 Å². The molecule has 1 aromatic heterocycles. The Balaban J connectivity index is 1.30. The zero-order valence-corrected chi connectivity index (χ0v) is 31.4. The number of amides is 5. The van der Waals surface area contributed by atoms with Crippen LogP contribution in [-0.2, 0) is 33.4 Å². The Bertz CT molecular complexity index is 1680. The van der Waals surface area contributed by atoms with Crippen LogP contribution in [-0.4, -0.2) is 140 Å². The number of pyridine rings is 1. The third-order valence-electron chi connectivity index (χ3n) is 9.95. The molecule has 3 fully saturated rings. The van der Waals surface area contributed by atoms with Gasteiger partial charge in [0.15, 0.2) is 6.61 Å². The summed E-state index contributed by atoms with van der Waals surface area (Å²) in [5, 5.41) is 6.40. The fraction of sp³-hybridized carbons (Fsp3) is 0.605. The SMILES string of the molecule is CCOC(=O)N1CCN(C(=O)[C@H](CCC(=O)OCCCOC)NC(=O)c2cc(OCC(=O)N3CCC[C@H]3C(=O)NC3CCC3)c3ccc(C)cc3n2)CC1. The van der Waals surface area contributed by atoms with Gasteiger partial charge in [0.1, 0.15) is 23.5 Å². The first kappa shape index (κ1) is 40.2. The van der Waals surface area contributed by atoms with Crippen LogP contribution in [0.1, 0.15) is 74.3 Å². The summed E-state index contributed by atoms with van der Waals surface area (Å²) in [5.41, 5.74) is 1.27. The van der Waals surface area contributed by atoms with Crippen molar-refractivity contribution in [1.29, 1.82) is 0 Å². The first-order chi connectivity index (χ1) is 26.1. The van der Waals surface area contributed by atoms with Gasteiger partial charge in [-0.3, -0.25) is 24.0 Å². The number of carbonyl (C=O) groups is 6. The van der Waals surface area contributed by atoms with Crippen LogP contribution in [0.25, 0.3) is 10.9 Å². The van der Waals surface area contributed by atoms with E-state index in [-0.39, 0.29) is 88.1 Å². The standard InChI is InChI=1S/C38H52N6O10/c1-4-52-38(50)43-18-16-42(17-19-43)37(49)28(13-14-34(46)53-21-7-20-51-3)41-35(47)30-23-32(27-12-11-25(2)22-29(27)40-30)54-24-33(45)44-15-6-10-31(44)36(48)39-26-8-5-9-26/h11-12,22-23,26,28,31H,4-10,13-21,24H2,1-3H3,(H,39,48)(H,41,47)/t28-,31-/m0/s1. The lowest BCUT2D eigenvalue weighted by atomic mass is 9.93. The van der Waals surface area contributed by atoms with Crippen molar-refractivity contribution in [3.63, 3.8) is 0 Å². The van der Waals surface area contributed by atoms with Crippen molar-refractivity contribution in [3.05, 3.63) is 35.5 Å². The number of hydrogen-bond donors (Lipinski definition) is 2. The minimum absolute atomic E-state index is 0.0400. The Kier molecular flexibility index (Phi) is 14.4. The maximum atomic E-state index is 13.9. The monoisotopic (exact) mass is 752 g/mol. The van der Waals surface area contributed by atoms with E-state index in [2.05, 4.69) is 15.6 Å². The summed E-state index contributed by atoms with van der Waals surface area (Å²) in [6.07, 6.45) is 4.16. The number of fused-ring (bicyclic) bond motifs is 1. The van der Waals surface area contributed by atoms with Crippen molar-refractivity contribution in [2.24, 2.45) is 0 Å². The normalized spacial score (nSPS) is 17.8. The van der Waals surface area contributed by atoms with Crippen molar-refractivity contribution in [2.75, 3.05) is 66.3 Å². The van der Waals surface area contributed by atoms with E-state index < -0.39 is 36.0 Å². The summed E-state index contributed by atoms with van der Waals surface area (Å²) in [6.45, 7) is 5.44. The van der Waals surface area contributed by atoms with E-state index in [0.29, 0.717) is 43.3 Å². The Hall–Kier alpha value is -4.99. The van der Waals surface area contributed by atoms with Gasteiger partial charge in [0.05, 0.1) is 18.7 Å². The molecule has 16 nitrogen and oxygen atoms in total. The van der Waals surface area contributed by atoms with Gasteiger partial charge in [0.2, 0.25) is 11.8 Å². The topological polar surface area (TPSA) is 186 Å². The molecule has 16 heteroatoms. The molecule has 0 radical (unpaired) electrons. The lowest BCUT2D eigenvalue weighted by molar-refractivity contribution is -0.144. The zero-order chi connectivity index (χ0) is 38.6. The average molecular weight is 753 g/mol. The van der Waals surface area contributed by atoms with Crippen molar-refractivity contribution >= 4 is 46.6 Å². The van der Waals surface area contributed by atoms with Crippen LogP contribution in [0.3, 0.4) is 0 Å². The summed E-state index contributed by atoms with van der Waals surface area (Å²) in [7, 11) is 1.55. The number of rotatable bonds is 16. The lowest BCUT2D eigenvalue weighted by Crippen LogP contribution is -2.56. The maximum absolute atomic E-state index is 13.9. The molecule has 54 heavy (non-hydrogen) atoms. The van der Waals surface area contributed by atoms with E-state index in [1.54, 1.807) is 36.0 Å². The highest BCUT2D eigenvalue weighted by molar-refractivity contribution is 5.99. The molecular formula is C38H52N6O10. The summed E-state index contributed by atoms with van der Waals surface area (Å²) in [5.74, 6) is -1.86. The second kappa shape index (κ2) is 19.4. The summed E-state index contributed by atoms with van der Waals surface area (Å²) in [6, 6.07) is 5.37. The highest BCUT2D eigenvalue weighted by Gasteiger charge is 2.36. The Morgan fingerprint density at radius 2 is 1.69 bits per heavy atom. The average Bonchev–Trinajstić information content (AvgIpc) is 3.65. The third-order valence-corrected chi connectivity index (χ3v) is 9.95. The number of likely N-dealkylation sites (tertiary alicyclic amines) is 1. The second-order valence-corrected chi connectivity index (χ2v) is 13.8. The number of hydrogen-bond acceptors (Lipinski definition) is 11. The fourth-order valence-electron chi connectivity index (χ4n) is 6.71. The Labute approximate surface area is 315 Å². The van der Waals surface area contributed by atoms with Crippen LogP contribution < -0.4 is 15.4 Å². The molecule has 2 aromatic rings. The molecule has 2 atom stereocenters. The molecule has 0 unspecified atom stereocenters. The van der Waals surface area contributed by atoms with Crippen LogP contribution >= 0.6 is 0 Å². The van der Waals surface area contributed by atoms with E-state index in [4.69, 9.17) is 18.9 Å². The Morgan fingerprint density at radius 1 is 0.926 bits per heavy atom. The number of esters is 1. The number of piperazine rings is 1. The summed E-state index contributed by atoms with van der Waals surface area (Å²) < 4.78 is 21.4. The molecule has 2 saturated heterocycles. The second-order valence-electron chi connectivity index (χ2n) is 13.8. The molecule has 1 aromatic carbocycles. The number of methoxy groups -OCH3 is 1. The molecule has 3 aliphatic rings. The highest BCUT2D eigenvalue weighted by atomic mass is 16.6. The number of benzene rings is 1. The van der Waals surface area contributed by atoms with Gasteiger partial charge in [-0.2, -0.15) is 0 Å². The molecule has 1 saturated carbocycles. The van der Waals surface area contributed by atoms with Crippen molar-refractivity contribution in [1.82, 2.24) is 30.3 Å². The predicted molar refractivity (Wildman–Crippen MR) is 196 cm³/mol. The predicted octanol–water partition coefficient (Wildman–Crippen LogP) is 2.34. The molecule has 5 rings (SSSR count). The highest BCUT2D eigenvalue weighted by Crippen LogP contribution is 2.28. The number of nitrogens with zero attached hydrogens (tertiary/aromatic N) is 4. The first-order valence-electron chi connectivity index (χ1n) is 18.9. The number of carbonyl (C=O) groups excluding carboxylic acids is 6. The van der Waals surface area contributed by atoms with Gasteiger partial charge in [0.25, 0.3) is 11.8 Å².